The minimum absolute atomic E-state index is 0.558. The minimum Gasteiger partial charge on any atom is -0.457 e. The van der Waals surface area contributed by atoms with E-state index in [1.807, 2.05) is 18.2 Å². The van der Waals surface area contributed by atoms with E-state index in [2.05, 4.69) is 188 Å². The molecular formula is C55H34N2O. The van der Waals surface area contributed by atoms with Gasteiger partial charge in [-0.2, -0.15) is 0 Å². The van der Waals surface area contributed by atoms with Crippen LogP contribution in [0.25, 0.3) is 77.7 Å². The molecule has 3 nitrogen and oxygen atoms in total. The van der Waals surface area contributed by atoms with Crippen molar-refractivity contribution >= 4 is 21.5 Å². The van der Waals surface area contributed by atoms with Gasteiger partial charge in [-0.3, -0.25) is 0 Å². The summed E-state index contributed by atoms with van der Waals surface area (Å²) in [6.07, 6.45) is 0. The fraction of sp³-hybridized carbons (Fsp3) is 0.0182. The van der Waals surface area contributed by atoms with Gasteiger partial charge in [0.2, 0.25) is 0 Å². The molecule has 1 spiro atoms. The van der Waals surface area contributed by atoms with Crippen molar-refractivity contribution in [2.45, 2.75) is 5.41 Å². The first-order valence-corrected chi connectivity index (χ1v) is 19.8. The molecule has 12 rings (SSSR count). The van der Waals surface area contributed by atoms with Crippen LogP contribution in [0.3, 0.4) is 0 Å². The van der Waals surface area contributed by atoms with Crippen LogP contribution in [0.1, 0.15) is 22.3 Å². The Balaban J connectivity index is 1.03. The molecule has 0 unspecified atom stereocenters. The molecule has 0 saturated carbocycles. The summed E-state index contributed by atoms with van der Waals surface area (Å²) in [5.74, 6) is 2.37. The van der Waals surface area contributed by atoms with Crippen LogP contribution >= 0.6 is 0 Å². The number of aromatic nitrogens is 2. The van der Waals surface area contributed by atoms with Crippen molar-refractivity contribution in [2.24, 2.45) is 0 Å². The Morgan fingerprint density at radius 1 is 0.310 bits per heavy atom. The number of rotatable bonds is 4. The van der Waals surface area contributed by atoms with Crippen molar-refractivity contribution in [1.29, 1.82) is 0 Å². The van der Waals surface area contributed by atoms with Gasteiger partial charge in [0.05, 0.1) is 16.8 Å². The molecule has 270 valence electrons. The Morgan fingerprint density at radius 2 is 0.845 bits per heavy atom. The number of nitrogens with zero attached hydrogens (tertiary/aromatic N) is 2. The van der Waals surface area contributed by atoms with E-state index < -0.39 is 5.41 Å². The van der Waals surface area contributed by atoms with Crippen LogP contribution in [0.5, 0.6) is 11.5 Å². The second kappa shape index (κ2) is 12.7. The van der Waals surface area contributed by atoms with Gasteiger partial charge in [0.25, 0.3) is 0 Å². The topological polar surface area (TPSA) is 35.0 Å². The van der Waals surface area contributed by atoms with Gasteiger partial charge in [0.1, 0.15) is 11.5 Å². The van der Waals surface area contributed by atoms with Crippen LogP contribution < -0.4 is 4.74 Å². The van der Waals surface area contributed by atoms with Gasteiger partial charge in [-0.15, -0.1) is 0 Å². The summed E-state index contributed by atoms with van der Waals surface area (Å²) in [6.45, 7) is 0. The average Bonchev–Trinajstić information content (AvgIpc) is 3.59. The summed E-state index contributed by atoms with van der Waals surface area (Å²) in [7, 11) is 0. The molecule has 1 aliphatic carbocycles. The maximum absolute atomic E-state index is 7.03. The lowest BCUT2D eigenvalue weighted by atomic mass is 9.65. The first kappa shape index (κ1) is 32.6. The zero-order valence-electron chi connectivity index (χ0n) is 31.4. The lowest BCUT2D eigenvalue weighted by Gasteiger charge is -2.39. The Labute approximate surface area is 336 Å². The van der Waals surface area contributed by atoms with Gasteiger partial charge in [-0.25, -0.2) is 9.97 Å². The third-order valence-corrected chi connectivity index (χ3v) is 12.1. The molecular weight excluding hydrogens is 705 g/mol. The zero-order chi connectivity index (χ0) is 38.2. The third kappa shape index (κ3) is 4.93. The van der Waals surface area contributed by atoms with Crippen LogP contribution in [0.4, 0.5) is 0 Å². The van der Waals surface area contributed by atoms with Crippen molar-refractivity contribution < 1.29 is 4.74 Å². The first-order chi connectivity index (χ1) is 28.7. The van der Waals surface area contributed by atoms with Gasteiger partial charge in [0.15, 0.2) is 5.82 Å². The summed E-state index contributed by atoms with van der Waals surface area (Å²) < 4.78 is 7.03. The van der Waals surface area contributed by atoms with Crippen LogP contribution in [-0.2, 0) is 5.41 Å². The standard InChI is InChI=1S/C55H34N2O/c1-2-13-38(14-3-1)54-56-50(37-25-22-36(23-26-37)42-27-24-35-12-4-5-15-39(35)30-42)34-51(57-54)43-28-29-48-52(33-43)58-53-32-41-17-7-6-16-40(41)31-49(53)55(48)46-20-10-8-18-44(46)45-19-9-11-21-47(45)55/h1-34H. The maximum Gasteiger partial charge on any atom is 0.160 e. The Morgan fingerprint density at radius 3 is 1.57 bits per heavy atom. The fourth-order valence-corrected chi connectivity index (χ4v) is 9.41. The SMILES string of the molecule is c1ccc(-c2nc(-c3ccc(-c4ccc5ccccc5c4)cc3)cc(-c3ccc4c(c3)Oc3cc5ccccc5cc3C43c4ccccc4-c4ccccc43)n2)cc1. The predicted molar refractivity (Wildman–Crippen MR) is 236 cm³/mol. The largest absolute Gasteiger partial charge is 0.457 e. The van der Waals surface area contributed by atoms with Gasteiger partial charge in [-0.05, 0) is 85.3 Å². The highest BCUT2D eigenvalue weighted by Gasteiger charge is 2.51. The lowest BCUT2D eigenvalue weighted by molar-refractivity contribution is 0.437. The van der Waals surface area contributed by atoms with E-state index in [1.165, 1.54) is 44.0 Å². The van der Waals surface area contributed by atoms with Crippen molar-refractivity contribution in [1.82, 2.24) is 9.97 Å². The summed E-state index contributed by atoms with van der Waals surface area (Å²) >= 11 is 0. The normalized spacial score (nSPS) is 13.1. The van der Waals surface area contributed by atoms with Crippen molar-refractivity contribution in [2.75, 3.05) is 0 Å². The number of benzene rings is 9. The average molecular weight is 739 g/mol. The lowest BCUT2D eigenvalue weighted by Crippen LogP contribution is -2.32. The first-order valence-electron chi connectivity index (χ1n) is 19.8. The summed E-state index contributed by atoms with van der Waals surface area (Å²) in [5.41, 5.74) is 13.8. The molecule has 0 radical (unpaired) electrons. The van der Waals surface area contributed by atoms with E-state index in [0.29, 0.717) is 5.82 Å². The smallest absolute Gasteiger partial charge is 0.160 e. The predicted octanol–water partition coefficient (Wildman–Crippen LogP) is 13.9. The highest BCUT2D eigenvalue weighted by molar-refractivity contribution is 5.93. The van der Waals surface area contributed by atoms with Crippen LogP contribution in [-0.4, -0.2) is 9.97 Å². The van der Waals surface area contributed by atoms with E-state index in [1.54, 1.807) is 0 Å². The number of ether oxygens (including phenoxy) is 1. The highest BCUT2D eigenvalue weighted by Crippen LogP contribution is 2.62. The third-order valence-electron chi connectivity index (χ3n) is 12.1. The molecule has 2 heterocycles. The van der Waals surface area contributed by atoms with Gasteiger partial charge in [0, 0.05) is 27.8 Å². The summed E-state index contributed by atoms with van der Waals surface area (Å²) in [5, 5.41) is 4.81. The second-order valence-corrected chi connectivity index (χ2v) is 15.3. The van der Waals surface area contributed by atoms with Gasteiger partial charge >= 0.3 is 0 Å². The fourth-order valence-electron chi connectivity index (χ4n) is 9.41. The zero-order valence-corrected chi connectivity index (χ0v) is 31.4. The van der Waals surface area contributed by atoms with Crippen LogP contribution in [0.15, 0.2) is 206 Å². The Hall–Kier alpha value is -7.62. The highest BCUT2D eigenvalue weighted by atomic mass is 16.5. The Bertz CT molecular complexity index is 3210. The molecule has 0 saturated heterocycles. The van der Waals surface area contributed by atoms with Crippen molar-refractivity contribution in [3.63, 3.8) is 0 Å². The maximum atomic E-state index is 7.03. The van der Waals surface area contributed by atoms with E-state index in [9.17, 15) is 0 Å². The number of hydrogen-bond donors (Lipinski definition) is 0. The number of hydrogen-bond acceptors (Lipinski definition) is 3. The molecule has 1 aromatic heterocycles. The molecule has 0 amide bonds. The summed E-state index contributed by atoms with van der Waals surface area (Å²) in [4.78, 5) is 10.4. The summed E-state index contributed by atoms with van der Waals surface area (Å²) in [6, 6.07) is 73.7. The number of fused-ring (bicyclic) bond motifs is 11. The van der Waals surface area contributed by atoms with Gasteiger partial charge < -0.3 is 4.74 Å². The van der Waals surface area contributed by atoms with Crippen molar-refractivity contribution in [3.8, 4) is 67.7 Å². The molecule has 10 aromatic rings. The molecule has 0 N–H and O–H groups in total. The quantitative estimate of drug-likeness (QED) is 0.180. The van der Waals surface area contributed by atoms with Crippen LogP contribution in [0, 0.1) is 0 Å². The van der Waals surface area contributed by atoms with E-state index in [0.717, 1.165) is 61.7 Å². The molecule has 0 bridgehead atoms. The molecule has 58 heavy (non-hydrogen) atoms. The van der Waals surface area contributed by atoms with E-state index in [4.69, 9.17) is 14.7 Å². The van der Waals surface area contributed by atoms with E-state index >= 15 is 0 Å². The second-order valence-electron chi connectivity index (χ2n) is 15.3. The molecule has 9 aromatic carbocycles. The molecule has 3 heteroatoms. The van der Waals surface area contributed by atoms with Crippen LogP contribution in [0.2, 0.25) is 0 Å². The monoisotopic (exact) mass is 738 g/mol. The van der Waals surface area contributed by atoms with Crippen molar-refractivity contribution in [3.05, 3.63) is 229 Å². The molecule has 1 aliphatic heterocycles. The minimum atomic E-state index is -0.558. The molecule has 2 aliphatic rings. The Kier molecular flexibility index (Phi) is 7.14. The molecule has 0 atom stereocenters. The van der Waals surface area contributed by atoms with E-state index in [-0.39, 0.29) is 0 Å². The molecule has 0 fully saturated rings. The van der Waals surface area contributed by atoms with Gasteiger partial charge in [-0.1, -0.05) is 176 Å².